The van der Waals surface area contributed by atoms with Gasteiger partial charge in [0.1, 0.15) is 0 Å². The molecule has 1 saturated heterocycles. The van der Waals surface area contributed by atoms with Crippen LogP contribution in [0.2, 0.25) is 0 Å². The van der Waals surface area contributed by atoms with E-state index in [0.29, 0.717) is 36.6 Å². The van der Waals surface area contributed by atoms with Crippen LogP contribution >= 0.6 is 11.3 Å². The molecule has 0 unspecified atom stereocenters. The van der Waals surface area contributed by atoms with Gasteiger partial charge >= 0.3 is 5.97 Å². The van der Waals surface area contributed by atoms with Crippen molar-refractivity contribution in [2.45, 2.75) is 37.1 Å². The largest absolute Gasteiger partial charge is 0.465 e. The lowest BCUT2D eigenvalue weighted by atomic mass is 10.2. The number of benzene rings is 2. The number of ether oxygens (including phenoxy) is 2. The van der Waals surface area contributed by atoms with E-state index >= 15 is 0 Å². The van der Waals surface area contributed by atoms with Crippen molar-refractivity contribution >= 4 is 43.5 Å². The average Bonchev–Trinajstić information content (AvgIpc) is 3.03. The number of nitrogens with zero attached hydrogens (tertiary/aromatic N) is 3. The highest BCUT2D eigenvalue weighted by atomic mass is 32.2. The Morgan fingerprint density at radius 1 is 0.972 bits per heavy atom. The second-order valence-electron chi connectivity index (χ2n) is 8.46. The number of hydrogen-bond acceptors (Lipinski definition) is 7. The minimum absolute atomic E-state index is 0.174. The van der Waals surface area contributed by atoms with Gasteiger partial charge in [-0.3, -0.25) is 4.79 Å². The zero-order valence-electron chi connectivity index (χ0n) is 20.3. The van der Waals surface area contributed by atoms with Gasteiger partial charge in [-0.05, 0) is 55.3 Å². The number of carbonyl (C=O) groups excluding carboxylic acids is 2. The summed E-state index contributed by atoms with van der Waals surface area (Å²) < 4.78 is 40.2. The van der Waals surface area contributed by atoms with Crippen LogP contribution < -0.4 is 4.80 Å². The zero-order chi connectivity index (χ0) is 25.7. The molecule has 192 valence electrons. The Balaban J connectivity index is 1.65. The van der Waals surface area contributed by atoms with Gasteiger partial charge in [-0.15, -0.1) is 0 Å². The molecule has 36 heavy (non-hydrogen) atoms. The lowest BCUT2D eigenvalue weighted by Crippen LogP contribution is -2.31. The van der Waals surface area contributed by atoms with Crippen LogP contribution in [0, 0.1) is 0 Å². The van der Waals surface area contributed by atoms with Crippen molar-refractivity contribution in [3.63, 3.8) is 0 Å². The third-order valence-corrected chi connectivity index (χ3v) is 9.08. The second kappa shape index (κ2) is 11.5. The minimum atomic E-state index is -3.60. The molecule has 1 aliphatic heterocycles. The number of fused-ring (bicyclic) bond motifs is 1. The minimum Gasteiger partial charge on any atom is -0.465 e. The van der Waals surface area contributed by atoms with E-state index in [4.69, 9.17) is 9.47 Å². The van der Waals surface area contributed by atoms with Gasteiger partial charge in [0.15, 0.2) is 4.80 Å². The molecule has 0 aliphatic carbocycles. The van der Waals surface area contributed by atoms with Gasteiger partial charge in [0.05, 0.1) is 34.4 Å². The Morgan fingerprint density at radius 2 is 1.64 bits per heavy atom. The van der Waals surface area contributed by atoms with Crippen molar-refractivity contribution < 1.29 is 27.5 Å². The molecule has 0 radical (unpaired) electrons. The first-order valence-electron chi connectivity index (χ1n) is 11.7. The van der Waals surface area contributed by atoms with E-state index in [1.165, 1.54) is 47.0 Å². The first-order chi connectivity index (χ1) is 17.3. The van der Waals surface area contributed by atoms with Crippen LogP contribution in [0.25, 0.3) is 10.2 Å². The average molecular weight is 532 g/mol. The highest BCUT2D eigenvalue weighted by molar-refractivity contribution is 7.89. The second-order valence-corrected chi connectivity index (χ2v) is 11.4. The normalized spacial score (nSPS) is 15.7. The summed E-state index contributed by atoms with van der Waals surface area (Å²) in [4.78, 5) is 29.9. The summed E-state index contributed by atoms with van der Waals surface area (Å²) >= 11 is 1.28. The Morgan fingerprint density at radius 3 is 2.28 bits per heavy atom. The number of methoxy groups -OCH3 is 2. The van der Waals surface area contributed by atoms with Gasteiger partial charge in [0.2, 0.25) is 10.0 Å². The Kier molecular flexibility index (Phi) is 8.35. The van der Waals surface area contributed by atoms with Crippen LogP contribution in [0.3, 0.4) is 0 Å². The summed E-state index contributed by atoms with van der Waals surface area (Å²) in [6.45, 7) is 1.91. The standard InChI is InChI=1S/C25H29N3O6S2/c1-33-16-15-28-21-12-9-19(24(30)34-2)17-22(21)35-25(28)26-23(29)18-7-10-20(11-8-18)36(31,32)27-13-5-3-4-6-14-27/h7-12,17H,3-6,13-16H2,1-2H3. The third-order valence-electron chi connectivity index (χ3n) is 6.12. The smallest absolute Gasteiger partial charge is 0.337 e. The van der Waals surface area contributed by atoms with Gasteiger partial charge in [-0.1, -0.05) is 24.2 Å². The molecule has 1 aromatic heterocycles. The maximum Gasteiger partial charge on any atom is 0.337 e. The van der Waals surface area contributed by atoms with E-state index < -0.39 is 21.9 Å². The Labute approximate surface area is 214 Å². The summed E-state index contributed by atoms with van der Waals surface area (Å²) in [7, 11) is -0.683. The molecular weight excluding hydrogens is 502 g/mol. The number of thiazole rings is 1. The van der Waals surface area contributed by atoms with Crippen molar-refractivity contribution in [1.82, 2.24) is 8.87 Å². The number of aromatic nitrogens is 1. The van der Waals surface area contributed by atoms with Crippen LogP contribution in [0.5, 0.6) is 0 Å². The van der Waals surface area contributed by atoms with Gasteiger partial charge in [0, 0.05) is 32.3 Å². The molecule has 0 spiro atoms. The van der Waals surface area contributed by atoms with Gasteiger partial charge in [-0.2, -0.15) is 9.30 Å². The Bertz CT molecular complexity index is 1420. The van der Waals surface area contributed by atoms with Crippen molar-refractivity contribution in [2.24, 2.45) is 4.99 Å². The maximum absolute atomic E-state index is 13.0. The fourth-order valence-corrected chi connectivity index (χ4v) is 6.76. The monoisotopic (exact) mass is 531 g/mol. The third kappa shape index (κ3) is 5.59. The lowest BCUT2D eigenvalue weighted by Gasteiger charge is -2.19. The van der Waals surface area contributed by atoms with E-state index in [-0.39, 0.29) is 10.5 Å². The van der Waals surface area contributed by atoms with Crippen LogP contribution in [-0.4, -0.2) is 63.1 Å². The number of carbonyl (C=O) groups is 2. The predicted molar refractivity (Wildman–Crippen MR) is 137 cm³/mol. The molecule has 0 bridgehead atoms. The summed E-state index contributed by atoms with van der Waals surface area (Å²) in [5.41, 5.74) is 1.51. The first-order valence-corrected chi connectivity index (χ1v) is 14.0. The van der Waals surface area contributed by atoms with E-state index in [9.17, 15) is 18.0 Å². The summed E-state index contributed by atoms with van der Waals surface area (Å²) in [5, 5.41) is 0. The quantitative estimate of drug-likeness (QED) is 0.432. The first kappa shape index (κ1) is 26.2. The molecule has 9 nitrogen and oxygen atoms in total. The summed E-state index contributed by atoms with van der Waals surface area (Å²) in [5.74, 6) is -0.932. The molecule has 1 fully saturated rings. The number of hydrogen-bond donors (Lipinski definition) is 0. The van der Waals surface area contributed by atoms with Crippen LogP contribution in [0.4, 0.5) is 0 Å². The van der Waals surface area contributed by atoms with Crippen molar-refractivity contribution in [3.8, 4) is 0 Å². The molecule has 0 N–H and O–H groups in total. The predicted octanol–water partition coefficient (Wildman–Crippen LogP) is 3.44. The van der Waals surface area contributed by atoms with E-state index in [1.54, 1.807) is 25.3 Å². The molecule has 1 aliphatic rings. The molecule has 11 heteroatoms. The topological polar surface area (TPSA) is 107 Å². The van der Waals surface area contributed by atoms with Crippen LogP contribution in [-0.2, 0) is 26.0 Å². The van der Waals surface area contributed by atoms with Crippen molar-refractivity contribution in [2.75, 3.05) is 33.9 Å². The number of rotatable bonds is 7. The van der Waals surface area contributed by atoms with Crippen LogP contribution in [0.15, 0.2) is 52.4 Å². The van der Waals surface area contributed by atoms with E-state index in [1.807, 2.05) is 4.57 Å². The lowest BCUT2D eigenvalue weighted by molar-refractivity contribution is 0.0600. The van der Waals surface area contributed by atoms with Gasteiger partial charge < -0.3 is 14.0 Å². The van der Waals surface area contributed by atoms with Crippen molar-refractivity contribution in [1.29, 1.82) is 0 Å². The molecule has 2 aromatic carbocycles. The fourth-order valence-electron chi connectivity index (χ4n) is 4.15. The van der Waals surface area contributed by atoms with Crippen LogP contribution in [0.1, 0.15) is 46.4 Å². The fraction of sp³-hybridized carbons (Fsp3) is 0.400. The van der Waals surface area contributed by atoms with E-state index in [2.05, 4.69) is 4.99 Å². The summed E-state index contributed by atoms with van der Waals surface area (Å²) in [6.07, 6.45) is 3.78. The molecule has 2 heterocycles. The zero-order valence-corrected chi connectivity index (χ0v) is 21.9. The summed E-state index contributed by atoms with van der Waals surface area (Å²) in [6, 6.07) is 11.1. The molecular formula is C25H29N3O6S2. The molecule has 0 saturated carbocycles. The highest BCUT2D eigenvalue weighted by Crippen LogP contribution is 2.22. The number of esters is 1. The van der Waals surface area contributed by atoms with Gasteiger partial charge in [0.25, 0.3) is 5.91 Å². The maximum atomic E-state index is 13.0. The molecule has 1 amide bonds. The number of amides is 1. The van der Waals surface area contributed by atoms with Gasteiger partial charge in [-0.25, -0.2) is 13.2 Å². The Hall–Kier alpha value is -2.86. The number of sulfonamides is 1. The SMILES string of the molecule is COCCn1c(=NC(=O)c2ccc(S(=O)(=O)N3CCCCCC3)cc2)sc2cc(C(=O)OC)ccc21. The highest BCUT2D eigenvalue weighted by Gasteiger charge is 2.25. The molecule has 0 atom stereocenters. The van der Waals surface area contributed by atoms with E-state index in [0.717, 1.165) is 35.9 Å². The van der Waals surface area contributed by atoms with Crippen molar-refractivity contribution in [3.05, 3.63) is 58.4 Å². The molecule has 4 rings (SSSR count). The molecule has 3 aromatic rings.